The van der Waals surface area contributed by atoms with Crippen LogP contribution in [0.15, 0.2) is 29.9 Å². The van der Waals surface area contributed by atoms with Crippen molar-refractivity contribution in [1.29, 1.82) is 0 Å². The van der Waals surface area contributed by atoms with Crippen LogP contribution in [-0.2, 0) is 6.54 Å². The molecule has 0 bridgehead atoms. The number of thiazole rings is 1. The van der Waals surface area contributed by atoms with Crippen LogP contribution in [0.3, 0.4) is 0 Å². The highest BCUT2D eigenvalue weighted by atomic mass is 32.1. The van der Waals surface area contributed by atoms with Gasteiger partial charge in [0, 0.05) is 24.3 Å². The third-order valence-electron chi connectivity index (χ3n) is 2.38. The Morgan fingerprint density at radius 2 is 2.38 bits per heavy atom. The lowest BCUT2D eigenvalue weighted by molar-refractivity contribution is 0.628. The zero-order valence-electron chi connectivity index (χ0n) is 8.55. The molecule has 0 amide bonds. The minimum atomic E-state index is 0.748. The highest BCUT2D eigenvalue weighted by molar-refractivity contribution is 7.13. The summed E-state index contributed by atoms with van der Waals surface area (Å²) in [5.41, 5.74) is 5.42. The molecule has 0 fully saturated rings. The second kappa shape index (κ2) is 4.07. The van der Waals surface area contributed by atoms with Crippen molar-refractivity contribution in [1.82, 2.24) is 15.3 Å². The molecule has 0 spiro atoms. The van der Waals surface area contributed by atoms with E-state index in [1.807, 2.05) is 22.7 Å². The summed E-state index contributed by atoms with van der Waals surface area (Å²) in [6.07, 6.45) is 3.60. The highest BCUT2D eigenvalue weighted by Crippen LogP contribution is 2.22. The van der Waals surface area contributed by atoms with Crippen LogP contribution in [0.4, 0.5) is 10.8 Å². The van der Waals surface area contributed by atoms with E-state index in [9.17, 15) is 0 Å². The zero-order chi connectivity index (χ0) is 10.8. The minimum Gasteiger partial charge on any atom is -0.293 e. The van der Waals surface area contributed by atoms with Gasteiger partial charge in [-0.3, -0.25) is 20.7 Å². The molecule has 0 saturated carbocycles. The minimum absolute atomic E-state index is 0.748. The lowest BCUT2D eigenvalue weighted by atomic mass is 10.2. The summed E-state index contributed by atoms with van der Waals surface area (Å²) in [7, 11) is 0. The first kappa shape index (κ1) is 9.56. The molecule has 82 valence electrons. The quantitative estimate of drug-likeness (QED) is 0.822. The molecule has 2 aromatic heterocycles. The molecule has 0 saturated heterocycles. The summed E-state index contributed by atoms with van der Waals surface area (Å²) in [5.74, 6) is 0. The Labute approximate surface area is 97.1 Å². The van der Waals surface area contributed by atoms with Crippen molar-refractivity contribution in [2.45, 2.75) is 6.54 Å². The number of rotatable bonds is 2. The van der Waals surface area contributed by atoms with E-state index in [-0.39, 0.29) is 0 Å². The molecule has 1 aliphatic heterocycles. The number of hydrogen-bond acceptors (Lipinski definition) is 6. The topological polar surface area (TPSA) is 53.1 Å². The number of hydrazine groups is 1. The van der Waals surface area contributed by atoms with E-state index in [2.05, 4.69) is 26.8 Å². The van der Waals surface area contributed by atoms with Gasteiger partial charge in [-0.15, -0.1) is 11.3 Å². The molecule has 16 heavy (non-hydrogen) atoms. The fourth-order valence-corrected chi connectivity index (χ4v) is 2.21. The van der Waals surface area contributed by atoms with Crippen LogP contribution in [-0.4, -0.2) is 16.6 Å². The van der Waals surface area contributed by atoms with E-state index in [0.717, 1.165) is 29.7 Å². The van der Waals surface area contributed by atoms with E-state index >= 15 is 0 Å². The first-order valence-corrected chi connectivity index (χ1v) is 5.90. The Kier molecular flexibility index (Phi) is 2.43. The van der Waals surface area contributed by atoms with Crippen LogP contribution in [0.1, 0.15) is 5.69 Å². The second-order valence-electron chi connectivity index (χ2n) is 3.43. The summed E-state index contributed by atoms with van der Waals surface area (Å²) >= 11 is 1.58. The predicted molar refractivity (Wildman–Crippen MR) is 64.2 cm³/mol. The van der Waals surface area contributed by atoms with Crippen molar-refractivity contribution in [3.8, 4) is 0 Å². The van der Waals surface area contributed by atoms with Gasteiger partial charge in [0.2, 0.25) is 5.13 Å². The third kappa shape index (κ3) is 1.72. The third-order valence-corrected chi connectivity index (χ3v) is 3.06. The first-order chi connectivity index (χ1) is 7.93. The molecular weight excluding hydrogens is 222 g/mol. The highest BCUT2D eigenvalue weighted by Gasteiger charge is 2.17. The van der Waals surface area contributed by atoms with Crippen molar-refractivity contribution in [3.05, 3.63) is 35.6 Å². The van der Waals surface area contributed by atoms with Crippen molar-refractivity contribution in [2.75, 3.05) is 17.1 Å². The molecule has 0 unspecified atom stereocenters. The summed E-state index contributed by atoms with van der Waals surface area (Å²) in [4.78, 5) is 8.54. The van der Waals surface area contributed by atoms with Crippen LogP contribution in [0.2, 0.25) is 0 Å². The average molecular weight is 233 g/mol. The van der Waals surface area contributed by atoms with Gasteiger partial charge in [0.1, 0.15) is 0 Å². The Balaban J connectivity index is 1.87. The molecule has 0 aromatic carbocycles. The number of hydrogen-bond donors (Lipinski definition) is 2. The maximum Gasteiger partial charge on any atom is 0.201 e. The number of nitrogens with zero attached hydrogens (tertiary/aromatic N) is 3. The molecule has 0 atom stereocenters. The molecule has 3 rings (SSSR count). The van der Waals surface area contributed by atoms with Gasteiger partial charge in [0.25, 0.3) is 0 Å². The van der Waals surface area contributed by atoms with Crippen LogP contribution >= 0.6 is 11.3 Å². The standard InChI is InChI=1S/C10H11N5S/c1-2-9-8(12-3-1)6-11-7-15(9)14-10-13-4-5-16-10/h1-5,11H,6-7H2,(H,13,14). The van der Waals surface area contributed by atoms with Gasteiger partial charge < -0.3 is 0 Å². The average Bonchev–Trinajstić information content (AvgIpc) is 2.82. The van der Waals surface area contributed by atoms with E-state index in [1.165, 1.54) is 0 Å². The van der Waals surface area contributed by atoms with Crippen molar-refractivity contribution in [2.24, 2.45) is 0 Å². The lowest BCUT2D eigenvalue weighted by Gasteiger charge is -2.30. The Morgan fingerprint density at radius 3 is 3.25 bits per heavy atom. The van der Waals surface area contributed by atoms with Crippen LogP contribution in [0.5, 0.6) is 0 Å². The maximum absolute atomic E-state index is 4.34. The SMILES string of the molecule is c1cnc2c(c1)N(Nc1nccs1)CNC2. The Hall–Kier alpha value is -1.66. The van der Waals surface area contributed by atoms with Gasteiger partial charge in [0.15, 0.2) is 0 Å². The van der Waals surface area contributed by atoms with Crippen LogP contribution < -0.4 is 15.8 Å². The summed E-state index contributed by atoms with van der Waals surface area (Å²) < 4.78 is 0. The molecule has 0 aliphatic carbocycles. The molecule has 0 radical (unpaired) electrons. The second-order valence-corrected chi connectivity index (χ2v) is 4.33. The zero-order valence-corrected chi connectivity index (χ0v) is 9.37. The smallest absolute Gasteiger partial charge is 0.201 e. The van der Waals surface area contributed by atoms with Crippen molar-refractivity contribution >= 4 is 22.2 Å². The fourth-order valence-electron chi connectivity index (χ4n) is 1.68. The van der Waals surface area contributed by atoms with Gasteiger partial charge in [-0.25, -0.2) is 4.98 Å². The molecule has 2 N–H and O–H groups in total. The van der Waals surface area contributed by atoms with Gasteiger partial charge in [-0.1, -0.05) is 0 Å². The number of anilines is 2. The predicted octanol–water partition coefficient (Wildman–Crippen LogP) is 1.43. The largest absolute Gasteiger partial charge is 0.293 e. The summed E-state index contributed by atoms with van der Waals surface area (Å²) in [6.45, 7) is 1.56. The van der Waals surface area contributed by atoms with Gasteiger partial charge in [-0.2, -0.15) is 0 Å². The molecule has 5 nitrogen and oxygen atoms in total. The monoisotopic (exact) mass is 233 g/mol. The van der Waals surface area contributed by atoms with Gasteiger partial charge in [-0.05, 0) is 12.1 Å². The number of pyridine rings is 1. The summed E-state index contributed by atoms with van der Waals surface area (Å²) in [6, 6.07) is 4.00. The van der Waals surface area contributed by atoms with Crippen molar-refractivity contribution in [3.63, 3.8) is 0 Å². The number of fused-ring (bicyclic) bond motifs is 1. The molecule has 6 heteroatoms. The molecular formula is C10H11N5S. The normalized spacial score (nSPS) is 14.6. The van der Waals surface area contributed by atoms with E-state index in [4.69, 9.17) is 0 Å². The molecule has 3 heterocycles. The number of nitrogens with one attached hydrogen (secondary N) is 2. The lowest BCUT2D eigenvalue weighted by Crippen LogP contribution is -2.43. The van der Waals surface area contributed by atoms with Crippen LogP contribution in [0, 0.1) is 0 Å². The Morgan fingerprint density at radius 1 is 1.38 bits per heavy atom. The van der Waals surface area contributed by atoms with E-state index in [1.54, 1.807) is 17.5 Å². The van der Waals surface area contributed by atoms with E-state index < -0.39 is 0 Å². The molecule has 2 aromatic rings. The van der Waals surface area contributed by atoms with Gasteiger partial charge in [0.05, 0.1) is 18.1 Å². The molecule has 1 aliphatic rings. The number of aromatic nitrogens is 2. The first-order valence-electron chi connectivity index (χ1n) is 5.02. The van der Waals surface area contributed by atoms with Crippen LogP contribution in [0.25, 0.3) is 0 Å². The van der Waals surface area contributed by atoms with E-state index in [0.29, 0.717) is 0 Å². The Bertz CT molecular complexity index is 470. The van der Waals surface area contributed by atoms with Crippen molar-refractivity contribution < 1.29 is 0 Å². The van der Waals surface area contributed by atoms with Gasteiger partial charge >= 0.3 is 0 Å². The maximum atomic E-state index is 4.34. The fraction of sp³-hybridized carbons (Fsp3) is 0.200. The summed E-state index contributed by atoms with van der Waals surface area (Å²) in [5, 5.41) is 8.14.